The molecule has 2 heterocycles. The summed E-state index contributed by atoms with van der Waals surface area (Å²) in [5, 5.41) is 9.01. The van der Waals surface area contributed by atoms with Gasteiger partial charge in [0.05, 0.1) is 7.11 Å². The zero-order valence-electron chi connectivity index (χ0n) is 17.4. The van der Waals surface area contributed by atoms with E-state index in [1.54, 1.807) is 23.4 Å². The van der Waals surface area contributed by atoms with Crippen molar-refractivity contribution in [1.82, 2.24) is 25.8 Å². The Hall–Kier alpha value is -2.68. The molecule has 2 fully saturated rings. The average Bonchev–Trinajstić information content (AvgIpc) is 2.79. The van der Waals surface area contributed by atoms with Gasteiger partial charge in [-0.1, -0.05) is 25.3 Å². The summed E-state index contributed by atoms with van der Waals surface area (Å²) >= 11 is 0. The van der Waals surface area contributed by atoms with Gasteiger partial charge < -0.3 is 25.6 Å². The molecule has 164 valence electrons. The number of hydrogen-bond acceptors (Lipinski definition) is 6. The summed E-state index contributed by atoms with van der Waals surface area (Å²) < 4.78 is 4.87. The van der Waals surface area contributed by atoms with Crippen molar-refractivity contribution in [3.63, 3.8) is 0 Å². The lowest BCUT2D eigenvalue weighted by Gasteiger charge is -2.37. The molecule has 0 radical (unpaired) electrons. The van der Waals surface area contributed by atoms with Crippen molar-refractivity contribution < 1.29 is 19.1 Å². The fourth-order valence-electron chi connectivity index (χ4n) is 4.04. The molecule has 0 spiro atoms. The number of nitrogens with zero attached hydrogens (tertiary/aromatic N) is 2. The number of ether oxygens (including phenoxy) is 1. The summed E-state index contributed by atoms with van der Waals surface area (Å²) in [6.07, 6.45) is 8.95. The number of pyridine rings is 1. The number of urea groups is 1. The van der Waals surface area contributed by atoms with Gasteiger partial charge in [-0.2, -0.15) is 0 Å². The van der Waals surface area contributed by atoms with Crippen LogP contribution in [0.1, 0.15) is 37.7 Å². The molecule has 1 aromatic rings. The summed E-state index contributed by atoms with van der Waals surface area (Å²) in [6, 6.07) is 2.01. The normalized spacial score (nSPS) is 20.8. The molecule has 0 unspecified atom stereocenters. The molecular formula is C21H31N5O4. The number of hydrogen-bond donors (Lipinski definition) is 3. The van der Waals surface area contributed by atoms with Crippen LogP contribution in [0.3, 0.4) is 0 Å². The standard InChI is InChI=1S/C21H31N5O4/c1-30-20(28)17(12-15-6-5-9-22-13-15)25-19(27)18-14-23-10-11-26(18)21(29)24-16-7-3-2-4-8-16/h5-6,9,13,16-18,23H,2-4,7-8,10-12,14H2,1H3,(H,24,29)(H,25,27)/t17-,18+/m1/s1. The van der Waals surface area contributed by atoms with Crippen LogP contribution in [0.15, 0.2) is 24.5 Å². The summed E-state index contributed by atoms with van der Waals surface area (Å²) in [5.41, 5.74) is 0.807. The number of rotatable bonds is 6. The molecule has 1 aliphatic heterocycles. The van der Waals surface area contributed by atoms with E-state index in [1.807, 2.05) is 6.07 Å². The van der Waals surface area contributed by atoms with Crippen molar-refractivity contribution in [1.29, 1.82) is 0 Å². The van der Waals surface area contributed by atoms with Gasteiger partial charge in [-0.05, 0) is 24.5 Å². The maximum atomic E-state index is 13.0. The number of amides is 3. The molecular weight excluding hydrogens is 386 g/mol. The SMILES string of the molecule is COC(=O)[C@@H](Cc1cccnc1)NC(=O)[C@@H]1CNCCN1C(=O)NC1CCCCC1. The van der Waals surface area contributed by atoms with E-state index in [2.05, 4.69) is 20.9 Å². The second-order valence-corrected chi connectivity index (χ2v) is 7.85. The number of aromatic nitrogens is 1. The van der Waals surface area contributed by atoms with E-state index in [1.165, 1.54) is 13.5 Å². The molecule has 9 heteroatoms. The van der Waals surface area contributed by atoms with Gasteiger partial charge in [-0.15, -0.1) is 0 Å². The third-order valence-corrected chi connectivity index (χ3v) is 5.70. The monoisotopic (exact) mass is 417 g/mol. The van der Waals surface area contributed by atoms with Crippen molar-refractivity contribution in [3.8, 4) is 0 Å². The van der Waals surface area contributed by atoms with Gasteiger partial charge in [-0.3, -0.25) is 9.78 Å². The second-order valence-electron chi connectivity index (χ2n) is 7.85. The number of methoxy groups -OCH3 is 1. The molecule has 2 atom stereocenters. The van der Waals surface area contributed by atoms with Crippen molar-refractivity contribution in [3.05, 3.63) is 30.1 Å². The first-order valence-corrected chi connectivity index (χ1v) is 10.6. The highest BCUT2D eigenvalue weighted by Crippen LogP contribution is 2.18. The minimum atomic E-state index is -0.850. The van der Waals surface area contributed by atoms with Gasteiger partial charge in [0.25, 0.3) is 0 Å². The molecule has 9 nitrogen and oxygen atoms in total. The Labute approximate surface area is 176 Å². The lowest BCUT2D eigenvalue weighted by atomic mass is 9.96. The Morgan fingerprint density at radius 3 is 2.80 bits per heavy atom. The maximum absolute atomic E-state index is 13.0. The molecule has 3 N–H and O–H groups in total. The van der Waals surface area contributed by atoms with Crippen LogP contribution in [-0.2, 0) is 20.7 Å². The smallest absolute Gasteiger partial charge is 0.328 e. The predicted octanol–water partition coefficient (Wildman–Crippen LogP) is 0.598. The molecule has 1 saturated carbocycles. The molecule has 1 aromatic heterocycles. The minimum Gasteiger partial charge on any atom is -0.467 e. The van der Waals surface area contributed by atoms with Crippen molar-refractivity contribution >= 4 is 17.9 Å². The van der Waals surface area contributed by atoms with Crippen LogP contribution in [0.25, 0.3) is 0 Å². The molecule has 0 aromatic carbocycles. The molecule has 2 aliphatic rings. The first-order valence-electron chi connectivity index (χ1n) is 10.6. The third-order valence-electron chi connectivity index (χ3n) is 5.70. The maximum Gasteiger partial charge on any atom is 0.328 e. The topological polar surface area (TPSA) is 113 Å². The largest absolute Gasteiger partial charge is 0.467 e. The quantitative estimate of drug-likeness (QED) is 0.584. The number of carbonyl (C=O) groups excluding carboxylic acids is 3. The van der Waals surface area contributed by atoms with Crippen molar-refractivity contribution in [2.24, 2.45) is 0 Å². The lowest BCUT2D eigenvalue weighted by molar-refractivity contribution is -0.145. The third kappa shape index (κ3) is 5.91. The van der Waals surface area contributed by atoms with Gasteiger partial charge in [0, 0.05) is 44.5 Å². The highest BCUT2D eigenvalue weighted by Gasteiger charge is 2.35. The Kier molecular flexibility index (Phi) is 8.01. The number of esters is 1. The first kappa shape index (κ1) is 22.0. The van der Waals surface area contributed by atoms with Crippen molar-refractivity contribution in [2.75, 3.05) is 26.7 Å². The Morgan fingerprint density at radius 2 is 2.10 bits per heavy atom. The minimum absolute atomic E-state index is 0.165. The van der Waals surface area contributed by atoms with E-state index in [0.717, 1.165) is 31.2 Å². The van der Waals surface area contributed by atoms with Gasteiger partial charge >= 0.3 is 12.0 Å². The van der Waals surface area contributed by atoms with E-state index in [4.69, 9.17) is 4.74 Å². The van der Waals surface area contributed by atoms with E-state index in [9.17, 15) is 14.4 Å². The van der Waals surface area contributed by atoms with E-state index in [-0.39, 0.29) is 24.4 Å². The molecule has 1 saturated heterocycles. The van der Waals surface area contributed by atoms with Gasteiger partial charge in [-0.25, -0.2) is 9.59 Å². The zero-order valence-corrected chi connectivity index (χ0v) is 17.4. The molecule has 0 bridgehead atoms. The summed E-state index contributed by atoms with van der Waals surface area (Å²) in [6.45, 7) is 1.39. The zero-order chi connectivity index (χ0) is 21.3. The Morgan fingerprint density at radius 1 is 1.30 bits per heavy atom. The fourth-order valence-corrected chi connectivity index (χ4v) is 4.04. The van der Waals surface area contributed by atoms with Crippen LogP contribution in [0.5, 0.6) is 0 Å². The Bertz CT molecular complexity index is 723. The fraction of sp³-hybridized carbons (Fsp3) is 0.619. The summed E-state index contributed by atoms with van der Waals surface area (Å²) in [4.78, 5) is 43.7. The van der Waals surface area contributed by atoms with Crippen LogP contribution in [-0.4, -0.2) is 72.7 Å². The highest BCUT2D eigenvalue weighted by atomic mass is 16.5. The van der Waals surface area contributed by atoms with Crippen molar-refractivity contribution in [2.45, 2.75) is 56.7 Å². The van der Waals surface area contributed by atoms with E-state index in [0.29, 0.717) is 19.6 Å². The van der Waals surface area contributed by atoms with Crippen LogP contribution in [0.4, 0.5) is 4.79 Å². The van der Waals surface area contributed by atoms with E-state index >= 15 is 0 Å². The molecule has 1 aliphatic carbocycles. The van der Waals surface area contributed by atoms with E-state index < -0.39 is 18.1 Å². The van der Waals surface area contributed by atoms with Gasteiger partial charge in [0.15, 0.2) is 0 Å². The number of nitrogens with one attached hydrogen (secondary N) is 3. The number of piperazine rings is 1. The number of carbonyl (C=O) groups is 3. The summed E-state index contributed by atoms with van der Waals surface area (Å²) in [5.74, 6) is -0.908. The van der Waals surface area contributed by atoms with Gasteiger partial charge in [0.1, 0.15) is 12.1 Å². The average molecular weight is 418 g/mol. The molecule has 3 amide bonds. The first-order chi connectivity index (χ1) is 14.6. The second kappa shape index (κ2) is 10.9. The van der Waals surface area contributed by atoms with Crippen LogP contribution < -0.4 is 16.0 Å². The van der Waals surface area contributed by atoms with Crippen LogP contribution in [0, 0.1) is 0 Å². The van der Waals surface area contributed by atoms with Crippen LogP contribution >= 0.6 is 0 Å². The van der Waals surface area contributed by atoms with Crippen LogP contribution in [0.2, 0.25) is 0 Å². The molecule has 3 rings (SSSR count). The lowest BCUT2D eigenvalue weighted by Crippen LogP contribution is -2.63. The molecule has 30 heavy (non-hydrogen) atoms. The Balaban J connectivity index is 1.65. The highest BCUT2D eigenvalue weighted by molar-refractivity contribution is 5.91. The van der Waals surface area contributed by atoms with Gasteiger partial charge in [0.2, 0.25) is 5.91 Å². The predicted molar refractivity (Wildman–Crippen MR) is 111 cm³/mol. The summed E-state index contributed by atoms with van der Waals surface area (Å²) in [7, 11) is 1.29.